The van der Waals surface area contributed by atoms with Crippen LogP contribution in [0.3, 0.4) is 0 Å². The summed E-state index contributed by atoms with van der Waals surface area (Å²) in [5.41, 5.74) is 1.17. The largest absolute Gasteiger partial charge is 0.497 e. The lowest BCUT2D eigenvalue weighted by atomic mass is 9.92. The van der Waals surface area contributed by atoms with Crippen LogP contribution in [0.15, 0.2) is 54.6 Å². The van der Waals surface area contributed by atoms with Crippen molar-refractivity contribution in [2.24, 2.45) is 0 Å². The molecule has 1 N–H and O–H groups in total. The summed E-state index contributed by atoms with van der Waals surface area (Å²) in [6.45, 7) is 4.68. The van der Waals surface area contributed by atoms with Crippen LogP contribution in [0.25, 0.3) is 0 Å². The minimum absolute atomic E-state index is 0.0695. The molecule has 0 unspecified atom stereocenters. The summed E-state index contributed by atoms with van der Waals surface area (Å²) in [6, 6.07) is 17.7. The van der Waals surface area contributed by atoms with E-state index in [1.54, 1.807) is 7.11 Å². The van der Waals surface area contributed by atoms with Crippen LogP contribution in [-0.4, -0.2) is 55.3 Å². The lowest BCUT2D eigenvalue weighted by Gasteiger charge is -2.36. The molecule has 2 aromatic rings. The Morgan fingerprint density at radius 3 is 2.31 bits per heavy atom. The smallest absolute Gasteiger partial charge is 0.190 e. The number of aliphatic hydroxyl groups excluding tert-OH is 1. The van der Waals surface area contributed by atoms with Crippen LogP contribution in [-0.2, 0) is 36.9 Å². The van der Waals surface area contributed by atoms with E-state index in [2.05, 4.69) is 0 Å². The lowest BCUT2D eigenvalue weighted by molar-refractivity contribution is -0.257. The molecule has 2 heterocycles. The average molecular weight is 445 g/mol. The maximum absolute atomic E-state index is 9.85. The predicted molar refractivity (Wildman–Crippen MR) is 117 cm³/mol. The lowest BCUT2D eigenvalue weighted by Crippen LogP contribution is -2.50. The minimum Gasteiger partial charge on any atom is -0.497 e. The number of ether oxygens (including phenoxy) is 6. The molecule has 2 saturated heterocycles. The molecule has 0 bridgehead atoms. The van der Waals surface area contributed by atoms with Gasteiger partial charge in [-0.05, 0) is 37.1 Å². The van der Waals surface area contributed by atoms with Gasteiger partial charge in [0.25, 0.3) is 0 Å². The molecule has 7 nitrogen and oxygen atoms in total. The van der Waals surface area contributed by atoms with Gasteiger partial charge in [0.05, 0.1) is 26.9 Å². The van der Waals surface area contributed by atoms with Crippen LogP contribution in [0.5, 0.6) is 5.75 Å². The van der Waals surface area contributed by atoms with Gasteiger partial charge >= 0.3 is 0 Å². The van der Waals surface area contributed by atoms with Crippen LogP contribution in [0.1, 0.15) is 31.4 Å². The number of fused-ring (bicyclic) bond motifs is 1. The first-order valence-electron chi connectivity index (χ1n) is 11.0. The van der Waals surface area contributed by atoms with Crippen LogP contribution < -0.4 is 4.74 Å². The van der Waals surface area contributed by atoms with Gasteiger partial charge in [-0.25, -0.2) is 0 Å². The van der Waals surface area contributed by atoms with Gasteiger partial charge in [0.15, 0.2) is 12.1 Å². The zero-order valence-electron chi connectivity index (χ0n) is 18.9. The van der Waals surface area contributed by atoms with E-state index < -0.39 is 29.9 Å². The SMILES string of the molecule is COc1ccc(COC[C@]2(CCO)O[C@@H]3OC(C)(C)O[C@@H]3[C@H]2OCc2ccccc2)cc1. The Kier molecular flexibility index (Phi) is 7.14. The highest BCUT2D eigenvalue weighted by atomic mass is 16.8. The van der Waals surface area contributed by atoms with Gasteiger partial charge in [-0.3, -0.25) is 0 Å². The normalized spacial score (nSPS) is 28.6. The molecule has 0 aliphatic carbocycles. The van der Waals surface area contributed by atoms with E-state index in [1.807, 2.05) is 68.4 Å². The highest BCUT2D eigenvalue weighted by Crippen LogP contribution is 2.45. The highest BCUT2D eigenvalue weighted by molar-refractivity contribution is 5.26. The van der Waals surface area contributed by atoms with Crippen molar-refractivity contribution in [3.05, 3.63) is 65.7 Å². The van der Waals surface area contributed by atoms with Gasteiger partial charge in [-0.2, -0.15) is 0 Å². The van der Waals surface area contributed by atoms with Gasteiger partial charge in [0, 0.05) is 13.0 Å². The zero-order chi connectivity index (χ0) is 22.6. The monoisotopic (exact) mass is 444 g/mol. The first kappa shape index (κ1) is 23.2. The predicted octanol–water partition coefficient (Wildman–Crippen LogP) is 3.43. The number of hydrogen-bond donors (Lipinski definition) is 1. The standard InChI is InChI=1S/C25H32O7/c1-24(2)30-21-22(29-16-18-7-5-4-6-8-18)25(13-14-26,32-23(21)31-24)17-28-15-19-9-11-20(27-3)12-10-19/h4-12,21-23,26H,13-17H2,1-3H3/t21-,22-,23+,25+/m1/s1. The quantitative estimate of drug-likeness (QED) is 0.602. The van der Waals surface area contributed by atoms with Gasteiger partial charge < -0.3 is 33.5 Å². The summed E-state index contributed by atoms with van der Waals surface area (Å²) in [5, 5.41) is 9.85. The van der Waals surface area contributed by atoms with Crippen molar-refractivity contribution >= 4 is 0 Å². The Hall–Kier alpha value is -2.00. The van der Waals surface area contributed by atoms with E-state index in [0.29, 0.717) is 19.6 Å². The molecule has 7 heteroatoms. The molecule has 0 aromatic heterocycles. The molecule has 174 valence electrons. The molecule has 0 spiro atoms. The number of methoxy groups -OCH3 is 1. The van der Waals surface area contributed by atoms with E-state index in [9.17, 15) is 5.11 Å². The van der Waals surface area contributed by atoms with Crippen molar-refractivity contribution in [3.8, 4) is 5.75 Å². The summed E-state index contributed by atoms with van der Waals surface area (Å²) in [7, 11) is 1.64. The highest BCUT2D eigenvalue weighted by Gasteiger charge is 2.62. The molecular formula is C25H32O7. The maximum atomic E-state index is 9.85. The third-order valence-electron chi connectivity index (χ3n) is 5.84. The number of benzene rings is 2. The molecule has 4 rings (SSSR count). The second-order valence-corrected chi connectivity index (χ2v) is 8.68. The molecule has 2 aromatic carbocycles. The Morgan fingerprint density at radius 1 is 0.906 bits per heavy atom. The summed E-state index contributed by atoms with van der Waals surface area (Å²) in [4.78, 5) is 0. The maximum Gasteiger partial charge on any atom is 0.190 e. The Bertz CT molecular complexity index is 854. The number of aliphatic hydroxyl groups is 1. The fraction of sp³-hybridized carbons (Fsp3) is 0.520. The van der Waals surface area contributed by atoms with Gasteiger partial charge in [-0.15, -0.1) is 0 Å². The number of hydrogen-bond acceptors (Lipinski definition) is 7. The van der Waals surface area contributed by atoms with Crippen LogP contribution >= 0.6 is 0 Å². The molecular weight excluding hydrogens is 412 g/mol. The summed E-state index contributed by atoms with van der Waals surface area (Å²) in [6.07, 6.45) is -1.11. The molecule has 0 radical (unpaired) electrons. The Morgan fingerprint density at radius 2 is 1.62 bits per heavy atom. The van der Waals surface area contributed by atoms with E-state index in [1.165, 1.54) is 0 Å². The topological polar surface area (TPSA) is 75.6 Å². The molecule has 2 aliphatic heterocycles. The van der Waals surface area contributed by atoms with E-state index in [-0.39, 0.29) is 13.2 Å². The molecule has 32 heavy (non-hydrogen) atoms. The first-order valence-corrected chi connectivity index (χ1v) is 11.0. The van der Waals surface area contributed by atoms with Gasteiger partial charge in [0.2, 0.25) is 0 Å². The third kappa shape index (κ3) is 5.14. The number of rotatable bonds is 10. The molecule has 2 aliphatic rings. The molecule has 0 amide bonds. The minimum atomic E-state index is -0.887. The molecule has 0 saturated carbocycles. The van der Waals surface area contributed by atoms with Crippen molar-refractivity contribution in [2.75, 3.05) is 20.3 Å². The molecule has 4 atom stereocenters. The third-order valence-corrected chi connectivity index (χ3v) is 5.84. The van der Waals surface area contributed by atoms with Gasteiger partial charge in [-0.1, -0.05) is 42.5 Å². The second kappa shape index (κ2) is 9.87. The van der Waals surface area contributed by atoms with E-state index in [0.717, 1.165) is 16.9 Å². The van der Waals surface area contributed by atoms with Crippen LogP contribution in [0.2, 0.25) is 0 Å². The zero-order valence-corrected chi connectivity index (χ0v) is 18.9. The van der Waals surface area contributed by atoms with Crippen molar-refractivity contribution in [1.29, 1.82) is 0 Å². The fourth-order valence-electron chi connectivity index (χ4n) is 4.30. The Balaban J connectivity index is 1.48. The van der Waals surface area contributed by atoms with Crippen molar-refractivity contribution < 1.29 is 33.5 Å². The van der Waals surface area contributed by atoms with Crippen LogP contribution in [0.4, 0.5) is 0 Å². The van der Waals surface area contributed by atoms with E-state index in [4.69, 9.17) is 28.4 Å². The van der Waals surface area contributed by atoms with E-state index >= 15 is 0 Å². The first-order chi connectivity index (χ1) is 15.4. The summed E-state index contributed by atoms with van der Waals surface area (Å²) < 4.78 is 36.1. The fourth-order valence-corrected chi connectivity index (χ4v) is 4.30. The Labute approximate surface area is 189 Å². The van der Waals surface area contributed by atoms with Crippen molar-refractivity contribution in [2.45, 2.75) is 63.4 Å². The van der Waals surface area contributed by atoms with Gasteiger partial charge in [0.1, 0.15) is 23.6 Å². The van der Waals surface area contributed by atoms with Crippen molar-refractivity contribution in [3.63, 3.8) is 0 Å². The molecule has 2 fully saturated rings. The second-order valence-electron chi connectivity index (χ2n) is 8.68. The van der Waals surface area contributed by atoms with Crippen molar-refractivity contribution in [1.82, 2.24) is 0 Å². The average Bonchev–Trinajstić information content (AvgIpc) is 3.22. The summed E-state index contributed by atoms with van der Waals surface area (Å²) >= 11 is 0. The summed E-state index contributed by atoms with van der Waals surface area (Å²) in [5.74, 6) is 0.0303. The van der Waals surface area contributed by atoms with Crippen LogP contribution in [0, 0.1) is 0 Å².